The topological polar surface area (TPSA) is 69.5 Å². The molecule has 1 N–H and O–H groups in total. The first-order chi connectivity index (χ1) is 13.9. The van der Waals surface area contributed by atoms with E-state index < -0.39 is 11.6 Å². The second-order valence-corrected chi connectivity index (χ2v) is 6.93. The van der Waals surface area contributed by atoms with Crippen molar-refractivity contribution < 1.29 is 8.78 Å². The molecular formula is C23H21F2N3O. The van der Waals surface area contributed by atoms with Gasteiger partial charge >= 0.3 is 0 Å². The fraction of sp³-hybridized carbons (Fsp3) is 0.261. The number of hydrogen-bond donors (Lipinski definition) is 1. The molecule has 0 saturated carbocycles. The van der Waals surface area contributed by atoms with E-state index in [-0.39, 0.29) is 28.7 Å². The van der Waals surface area contributed by atoms with Gasteiger partial charge in [-0.1, -0.05) is 31.5 Å². The van der Waals surface area contributed by atoms with Crippen LogP contribution in [0.2, 0.25) is 0 Å². The lowest BCUT2D eigenvalue weighted by Crippen LogP contribution is -2.20. The summed E-state index contributed by atoms with van der Waals surface area (Å²) in [5.74, 6) is -1.03. The first-order valence-electron chi connectivity index (χ1n) is 9.50. The standard InChI is InChI=1S/C23H21F2N3O/c1-3-4-9-22-19(23(29)28-14(2)27-22)12-18-20(24)10-16(11-21(18)25)17-8-6-5-7-15(17)13-26/h5-8,10-11H,3-4,9,12H2,1-2H3,(H,27,28,29). The third kappa shape index (κ3) is 4.40. The number of hydrogen-bond acceptors (Lipinski definition) is 3. The van der Waals surface area contributed by atoms with Gasteiger partial charge in [-0.15, -0.1) is 0 Å². The van der Waals surface area contributed by atoms with Gasteiger partial charge in [-0.25, -0.2) is 13.8 Å². The molecule has 0 spiro atoms. The molecular weight excluding hydrogens is 372 g/mol. The highest BCUT2D eigenvalue weighted by molar-refractivity contribution is 5.70. The summed E-state index contributed by atoms with van der Waals surface area (Å²) in [6, 6.07) is 11.1. The molecule has 148 valence electrons. The molecule has 4 nitrogen and oxygen atoms in total. The van der Waals surface area contributed by atoms with Crippen LogP contribution in [0.25, 0.3) is 11.1 Å². The van der Waals surface area contributed by atoms with Crippen molar-refractivity contribution in [2.24, 2.45) is 0 Å². The van der Waals surface area contributed by atoms with Crippen LogP contribution in [0.15, 0.2) is 41.2 Å². The van der Waals surface area contributed by atoms with E-state index in [2.05, 4.69) is 9.97 Å². The molecule has 2 aromatic carbocycles. The van der Waals surface area contributed by atoms with Gasteiger partial charge in [-0.05, 0) is 49.1 Å². The van der Waals surface area contributed by atoms with Crippen molar-refractivity contribution in [3.05, 3.63) is 86.6 Å². The number of nitriles is 1. The van der Waals surface area contributed by atoms with E-state index in [0.717, 1.165) is 12.8 Å². The summed E-state index contributed by atoms with van der Waals surface area (Å²) in [5.41, 5.74) is 1.37. The number of rotatable bonds is 6. The summed E-state index contributed by atoms with van der Waals surface area (Å²) in [4.78, 5) is 19.4. The van der Waals surface area contributed by atoms with E-state index in [9.17, 15) is 18.8 Å². The zero-order chi connectivity index (χ0) is 21.0. The lowest BCUT2D eigenvalue weighted by molar-refractivity contribution is 0.561. The van der Waals surface area contributed by atoms with Crippen molar-refractivity contribution in [1.82, 2.24) is 9.97 Å². The molecule has 0 aliphatic rings. The van der Waals surface area contributed by atoms with Gasteiger partial charge in [0.2, 0.25) is 0 Å². The summed E-state index contributed by atoms with van der Waals surface area (Å²) >= 11 is 0. The van der Waals surface area contributed by atoms with Crippen molar-refractivity contribution in [3.8, 4) is 17.2 Å². The predicted octanol–water partition coefficient (Wildman–Crippen LogP) is 4.83. The van der Waals surface area contributed by atoms with Crippen LogP contribution in [0.1, 0.15) is 48.0 Å². The van der Waals surface area contributed by atoms with Gasteiger partial charge in [0.05, 0.1) is 17.3 Å². The lowest BCUT2D eigenvalue weighted by Gasteiger charge is -2.12. The highest BCUT2D eigenvalue weighted by Crippen LogP contribution is 2.28. The van der Waals surface area contributed by atoms with Crippen LogP contribution < -0.4 is 5.56 Å². The number of aromatic nitrogens is 2. The van der Waals surface area contributed by atoms with E-state index in [4.69, 9.17) is 0 Å². The van der Waals surface area contributed by atoms with Crippen LogP contribution in [0.5, 0.6) is 0 Å². The highest BCUT2D eigenvalue weighted by Gasteiger charge is 2.18. The minimum absolute atomic E-state index is 0.181. The molecule has 0 fully saturated rings. The van der Waals surface area contributed by atoms with E-state index in [1.54, 1.807) is 31.2 Å². The number of nitrogens with zero attached hydrogens (tertiary/aromatic N) is 2. The number of aryl methyl sites for hydroxylation is 2. The van der Waals surface area contributed by atoms with Crippen LogP contribution in [-0.4, -0.2) is 9.97 Å². The van der Waals surface area contributed by atoms with Crippen molar-refractivity contribution in [2.75, 3.05) is 0 Å². The molecule has 3 aromatic rings. The molecule has 29 heavy (non-hydrogen) atoms. The Hall–Kier alpha value is -3.33. The average molecular weight is 393 g/mol. The molecule has 0 bridgehead atoms. The fourth-order valence-corrected chi connectivity index (χ4v) is 3.34. The Balaban J connectivity index is 2.04. The average Bonchev–Trinajstić information content (AvgIpc) is 2.70. The van der Waals surface area contributed by atoms with Crippen molar-refractivity contribution in [2.45, 2.75) is 39.5 Å². The molecule has 0 unspecified atom stereocenters. The monoisotopic (exact) mass is 393 g/mol. The Labute approximate surface area is 167 Å². The number of nitrogens with one attached hydrogen (secondary N) is 1. The maximum absolute atomic E-state index is 14.9. The molecule has 0 aliphatic heterocycles. The van der Waals surface area contributed by atoms with Crippen molar-refractivity contribution in [1.29, 1.82) is 5.26 Å². The quantitative estimate of drug-likeness (QED) is 0.652. The summed E-state index contributed by atoms with van der Waals surface area (Å²) in [6.07, 6.45) is 2.15. The van der Waals surface area contributed by atoms with Gasteiger partial charge in [-0.3, -0.25) is 4.79 Å². The lowest BCUT2D eigenvalue weighted by atomic mass is 9.96. The van der Waals surface area contributed by atoms with Gasteiger partial charge in [-0.2, -0.15) is 5.26 Å². The molecule has 0 radical (unpaired) electrons. The Morgan fingerprint density at radius 3 is 2.48 bits per heavy atom. The van der Waals surface area contributed by atoms with Crippen LogP contribution >= 0.6 is 0 Å². The van der Waals surface area contributed by atoms with Gasteiger partial charge in [0, 0.05) is 17.5 Å². The maximum Gasteiger partial charge on any atom is 0.254 e. The van der Waals surface area contributed by atoms with Crippen molar-refractivity contribution in [3.63, 3.8) is 0 Å². The number of unbranched alkanes of at least 4 members (excludes halogenated alkanes) is 1. The molecule has 0 aliphatic carbocycles. The normalized spacial score (nSPS) is 10.7. The van der Waals surface area contributed by atoms with E-state index in [1.807, 2.05) is 13.0 Å². The Morgan fingerprint density at radius 2 is 1.83 bits per heavy atom. The predicted molar refractivity (Wildman–Crippen MR) is 108 cm³/mol. The molecule has 0 atom stereocenters. The summed E-state index contributed by atoms with van der Waals surface area (Å²) in [5, 5.41) is 9.24. The maximum atomic E-state index is 14.9. The molecule has 1 heterocycles. The fourth-order valence-electron chi connectivity index (χ4n) is 3.34. The number of aromatic amines is 1. The largest absolute Gasteiger partial charge is 0.311 e. The molecule has 3 rings (SSSR count). The Bertz CT molecular complexity index is 1120. The first kappa shape index (κ1) is 20.4. The van der Waals surface area contributed by atoms with Gasteiger partial charge in [0.15, 0.2) is 0 Å². The summed E-state index contributed by atoms with van der Waals surface area (Å²) in [7, 11) is 0. The summed E-state index contributed by atoms with van der Waals surface area (Å²) in [6.45, 7) is 3.71. The van der Waals surface area contributed by atoms with E-state index in [0.29, 0.717) is 29.1 Å². The van der Waals surface area contributed by atoms with Gasteiger partial charge < -0.3 is 4.98 Å². The molecule has 6 heteroatoms. The zero-order valence-electron chi connectivity index (χ0n) is 16.4. The third-order valence-electron chi connectivity index (χ3n) is 4.84. The minimum atomic E-state index is -0.755. The van der Waals surface area contributed by atoms with Gasteiger partial charge in [0.1, 0.15) is 17.5 Å². The SMILES string of the molecule is CCCCc1nc(C)[nH]c(=O)c1Cc1c(F)cc(-c2ccccc2C#N)cc1F. The number of benzene rings is 2. The van der Waals surface area contributed by atoms with Crippen LogP contribution in [-0.2, 0) is 12.8 Å². The number of H-pyrrole nitrogens is 1. The number of halogens is 2. The second kappa shape index (κ2) is 8.78. The van der Waals surface area contributed by atoms with Crippen LogP contribution in [0.4, 0.5) is 8.78 Å². The Morgan fingerprint density at radius 1 is 1.14 bits per heavy atom. The van der Waals surface area contributed by atoms with Crippen molar-refractivity contribution >= 4 is 0 Å². The second-order valence-electron chi connectivity index (χ2n) is 6.93. The summed E-state index contributed by atoms with van der Waals surface area (Å²) < 4.78 is 29.7. The van der Waals surface area contributed by atoms with Gasteiger partial charge in [0.25, 0.3) is 5.56 Å². The van der Waals surface area contributed by atoms with Crippen LogP contribution in [0, 0.1) is 29.9 Å². The highest BCUT2D eigenvalue weighted by atomic mass is 19.1. The Kier molecular flexibility index (Phi) is 6.18. The minimum Gasteiger partial charge on any atom is -0.311 e. The van der Waals surface area contributed by atoms with Crippen LogP contribution in [0.3, 0.4) is 0 Å². The van der Waals surface area contributed by atoms with E-state index >= 15 is 0 Å². The first-order valence-corrected chi connectivity index (χ1v) is 9.50. The zero-order valence-corrected chi connectivity index (χ0v) is 16.4. The third-order valence-corrected chi connectivity index (χ3v) is 4.84. The molecule has 0 amide bonds. The van der Waals surface area contributed by atoms with E-state index in [1.165, 1.54) is 12.1 Å². The molecule has 1 aromatic heterocycles. The molecule has 0 saturated heterocycles. The smallest absolute Gasteiger partial charge is 0.254 e.